The number of nitrogens with zero attached hydrogens (tertiary/aromatic N) is 1. The first kappa shape index (κ1) is 13.1. The second kappa shape index (κ2) is 6.07. The minimum absolute atomic E-state index is 0.179. The number of nitriles is 1. The Balaban J connectivity index is 1.75. The Morgan fingerprint density at radius 2 is 1.85 bits per heavy atom. The Kier molecular flexibility index (Phi) is 3.99. The molecule has 102 valence electrons. The first-order valence-electron chi connectivity index (χ1n) is 7.48. The van der Waals surface area contributed by atoms with Crippen LogP contribution in [0.5, 0.6) is 0 Å². The van der Waals surface area contributed by atoms with Gasteiger partial charge in [-0.3, -0.25) is 0 Å². The van der Waals surface area contributed by atoms with Crippen molar-refractivity contribution >= 4 is 10.8 Å². The summed E-state index contributed by atoms with van der Waals surface area (Å²) in [6, 6.07) is 17.8. The number of hydrogen-bond acceptors (Lipinski definition) is 2. The van der Waals surface area contributed by atoms with E-state index in [4.69, 9.17) is 0 Å². The third-order valence-electron chi connectivity index (χ3n) is 4.37. The maximum absolute atomic E-state index is 9.24. The number of hydrogen-bond donors (Lipinski definition) is 1. The van der Waals surface area contributed by atoms with E-state index in [0.717, 1.165) is 19.4 Å². The summed E-state index contributed by atoms with van der Waals surface area (Å²) in [5, 5.41) is 15.4. The zero-order chi connectivity index (χ0) is 13.8. The molecule has 1 N–H and O–H groups in total. The second-order valence-electron chi connectivity index (χ2n) is 5.65. The van der Waals surface area contributed by atoms with Gasteiger partial charge >= 0.3 is 0 Å². The van der Waals surface area contributed by atoms with Gasteiger partial charge < -0.3 is 5.32 Å². The average molecular weight is 264 g/mol. The SMILES string of the molecule is N#CC1CCCCC1NCc1cccc2ccccc12. The van der Waals surface area contributed by atoms with Crippen LogP contribution in [0.2, 0.25) is 0 Å². The van der Waals surface area contributed by atoms with Gasteiger partial charge in [-0.2, -0.15) is 5.26 Å². The largest absolute Gasteiger partial charge is 0.309 e. The van der Waals surface area contributed by atoms with Crippen LogP contribution in [-0.4, -0.2) is 6.04 Å². The van der Waals surface area contributed by atoms with Crippen LogP contribution in [0.15, 0.2) is 42.5 Å². The molecule has 0 heterocycles. The Hall–Kier alpha value is -1.85. The molecule has 2 aromatic carbocycles. The summed E-state index contributed by atoms with van der Waals surface area (Å²) >= 11 is 0. The smallest absolute Gasteiger partial charge is 0.0672 e. The minimum atomic E-state index is 0.179. The van der Waals surface area contributed by atoms with E-state index in [1.807, 2.05) is 0 Å². The topological polar surface area (TPSA) is 35.8 Å². The fraction of sp³-hybridized carbons (Fsp3) is 0.389. The Morgan fingerprint density at radius 3 is 2.75 bits per heavy atom. The highest BCUT2D eigenvalue weighted by Crippen LogP contribution is 2.25. The summed E-state index contributed by atoms with van der Waals surface area (Å²) in [5.74, 6) is 0.179. The fourth-order valence-corrected chi connectivity index (χ4v) is 3.22. The van der Waals surface area contributed by atoms with Gasteiger partial charge in [0.15, 0.2) is 0 Å². The van der Waals surface area contributed by atoms with E-state index in [1.54, 1.807) is 0 Å². The molecule has 1 aliphatic rings. The van der Waals surface area contributed by atoms with Crippen molar-refractivity contribution in [3.05, 3.63) is 48.0 Å². The van der Waals surface area contributed by atoms with Gasteiger partial charge in [0, 0.05) is 12.6 Å². The van der Waals surface area contributed by atoms with E-state index in [1.165, 1.54) is 29.2 Å². The van der Waals surface area contributed by atoms with E-state index >= 15 is 0 Å². The van der Waals surface area contributed by atoms with E-state index in [9.17, 15) is 5.26 Å². The molecule has 0 aliphatic heterocycles. The molecule has 0 aromatic heterocycles. The lowest BCUT2D eigenvalue weighted by atomic mass is 9.85. The quantitative estimate of drug-likeness (QED) is 0.909. The molecular formula is C18H20N2. The molecule has 0 radical (unpaired) electrons. The molecule has 2 nitrogen and oxygen atoms in total. The fourth-order valence-electron chi connectivity index (χ4n) is 3.22. The first-order valence-corrected chi connectivity index (χ1v) is 7.48. The van der Waals surface area contributed by atoms with Gasteiger partial charge in [0.05, 0.1) is 12.0 Å². The molecule has 2 heteroatoms. The van der Waals surface area contributed by atoms with Crippen LogP contribution >= 0.6 is 0 Å². The molecule has 0 saturated heterocycles. The molecule has 1 saturated carbocycles. The average Bonchev–Trinajstić information content (AvgIpc) is 2.53. The highest BCUT2D eigenvalue weighted by molar-refractivity contribution is 5.85. The number of nitrogens with one attached hydrogen (secondary N) is 1. The molecule has 0 bridgehead atoms. The molecule has 2 aromatic rings. The van der Waals surface area contributed by atoms with E-state index in [2.05, 4.69) is 53.9 Å². The standard InChI is InChI=1S/C18H20N2/c19-12-15-7-2-4-11-18(15)20-13-16-9-5-8-14-6-1-3-10-17(14)16/h1,3,5-6,8-10,15,18,20H,2,4,7,11,13H2. The molecule has 2 atom stereocenters. The first-order chi connectivity index (χ1) is 9.88. The van der Waals surface area contributed by atoms with E-state index in [-0.39, 0.29) is 5.92 Å². The summed E-state index contributed by atoms with van der Waals surface area (Å²) < 4.78 is 0. The predicted molar refractivity (Wildman–Crippen MR) is 82.1 cm³/mol. The molecular weight excluding hydrogens is 244 g/mol. The van der Waals surface area contributed by atoms with Crippen LogP contribution in [0.3, 0.4) is 0 Å². The zero-order valence-corrected chi connectivity index (χ0v) is 11.7. The summed E-state index contributed by atoms with van der Waals surface area (Å²) in [6.45, 7) is 0.851. The normalized spacial score (nSPS) is 22.6. The highest BCUT2D eigenvalue weighted by Gasteiger charge is 2.24. The molecule has 1 aliphatic carbocycles. The van der Waals surface area contributed by atoms with E-state index < -0.39 is 0 Å². The van der Waals surface area contributed by atoms with Crippen molar-refractivity contribution in [1.29, 1.82) is 5.26 Å². The minimum Gasteiger partial charge on any atom is -0.309 e. The van der Waals surface area contributed by atoms with E-state index in [0.29, 0.717) is 6.04 Å². The number of rotatable bonds is 3. The van der Waals surface area contributed by atoms with Gasteiger partial charge in [-0.15, -0.1) is 0 Å². The van der Waals surface area contributed by atoms with Crippen molar-refractivity contribution in [2.45, 2.75) is 38.3 Å². The van der Waals surface area contributed by atoms with Crippen molar-refractivity contribution in [3.63, 3.8) is 0 Å². The van der Waals surface area contributed by atoms with Crippen molar-refractivity contribution in [1.82, 2.24) is 5.32 Å². The molecule has 20 heavy (non-hydrogen) atoms. The summed E-state index contributed by atoms with van der Waals surface area (Å²) in [4.78, 5) is 0. The zero-order valence-electron chi connectivity index (χ0n) is 11.7. The molecule has 1 fully saturated rings. The maximum Gasteiger partial charge on any atom is 0.0672 e. The Labute approximate surface area is 120 Å². The number of benzene rings is 2. The Morgan fingerprint density at radius 1 is 1.05 bits per heavy atom. The summed E-state index contributed by atoms with van der Waals surface area (Å²) in [6.07, 6.45) is 4.61. The second-order valence-corrected chi connectivity index (χ2v) is 5.65. The molecule has 0 spiro atoms. The monoisotopic (exact) mass is 264 g/mol. The van der Waals surface area contributed by atoms with Gasteiger partial charge in [-0.05, 0) is 29.2 Å². The van der Waals surface area contributed by atoms with Crippen molar-refractivity contribution in [2.24, 2.45) is 5.92 Å². The van der Waals surface area contributed by atoms with Crippen molar-refractivity contribution in [2.75, 3.05) is 0 Å². The summed E-state index contributed by atoms with van der Waals surface area (Å²) in [7, 11) is 0. The lowest BCUT2D eigenvalue weighted by Crippen LogP contribution is -2.37. The van der Waals surface area contributed by atoms with Gasteiger partial charge in [-0.25, -0.2) is 0 Å². The summed E-state index contributed by atoms with van der Waals surface area (Å²) in [5.41, 5.74) is 1.32. The molecule has 2 unspecified atom stereocenters. The van der Waals surface area contributed by atoms with Gasteiger partial charge in [0.2, 0.25) is 0 Å². The van der Waals surface area contributed by atoms with Gasteiger partial charge in [0.25, 0.3) is 0 Å². The third kappa shape index (κ3) is 2.69. The maximum atomic E-state index is 9.24. The van der Waals surface area contributed by atoms with Crippen molar-refractivity contribution in [3.8, 4) is 6.07 Å². The number of fused-ring (bicyclic) bond motifs is 1. The van der Waals surface area contributed by atoms with Crippen LogP contribution in [0.4, 0.5) is 0 Å². The Bertz CT molecular complexity index is 621. The molecule has 3 rings (SSSR count). The molecule has 0 amide bonds. The third-order valence-corrected chi connectivity index (χ3v) is 4.37. The lowest BCUT2D eigenvalue weighted by Gasteiger charge is -2.27. The van der Waals surface area contributed by atoms with Crippen LogP contribution < -0.4 is 5.32 Å². The van der Waals surface area contributed by atoms with Crippen LogP contribution in [0.25, 0.3) is 10.8 Å². The lowest BCUT2D eigenvalue weighted by molar-refractivity contribution is 0.311. The van der Waals surface area contributed by atoms with Crippen LogP contribution in [0.1, 0.15) is 31.2 Å². The van der Waals surface area contributed by atoms with Crippen molar-refractivity contribution < 1.29 is 0 Å². The van der Waals surface area contributed by atoms with Gasteiger partial charge in [0.1, 0.15) is 0 Å². The van der Waals surface area contributed by atoms with Crippen LogP contribution in [0, 0.1) is 17.2 Å². The predicted octanol–water partition coefficient (Wildman–Crippen LogP) is 4.01. The van der Waals surface area contributed by atoms with Crippen LogP contribution in [-0.2, 0) is 6.54 Å². The highest BCUT2D eigenvalue weighted by atomic mass is 14.9. The van der Waals surface area contributed by atoms with Gasteiger partial charge in [-0.1, -0.05) is 55.3 Å².